The van der Waals surface area contributed by atoms with Gasteiger partial charge < -0.3 is 20.4 Å². The van der Waals surface area contributed by atoms with E-state index in [1.807, 2.05) is 60.4 Å². The predicted molar refractivity (Wildman–Crippen MR) is 145 cm³/mol. The van der Waals surface area contributed by atoms with Gasteiger partial charge in [-0.2, -0.15) is 5.10 Å². The van der Waals surface area contributed by atoms with Gasteiger partial charge in [-0.05, 0) is 61.6 Å². The number of ether oxygens (including phenoxy) is 1. The summed E-state index contributed by atoms with van der Waals surface area (Å²) in [4.78, 5) is 8.96. The van der Waals surface area contributed by atoms with Gasteiger partial charge in [0.25, 0.3) is 0 Å². The maximum atomic E-state index is 6.38. The van der Waals surface area contributed by atoms with Crippen LogP contribution in [0.5, 0.6) is 11.5 Å². The minimum atomic E-state index is 0.374. The molecule has 0 atom stereocenters. The minimum Gasteiger partial charge on any atom is -0.457 e. The molecule has 1 aliphatic carbocycles. The van der Waals surface area contributed by atoms with Crippen molar-refractivity contribution in [3.63, 3.8) is 0 Å². The van der Waals surface area contributed by atoms with Gasteiger partial charge in [0.2, 0.25) is 0 Å². The molecule has 1 fully saturated rings. The Balaban J connectivity index is 1.20. The molecule has 0 amide bonds. The van der Waals surface area contributed by atoms with E-state index in [2.05, 4.69) is 49.3 Å². The van der Waals surface area contributed by atoms with Crippen LogP contribution in [0.4, 0.5) is 5.82 Å². The lowest BCUT2D eigenvalue weighted by atomic mass is 9.91. The lowest BCUT2D eigenvalue weighted by Crippen LogP contribution is -2.33. The summed E-state index contributed by atoms with van der Waals surface area (Å²) in [6.07, 6.45) is 10.1. The molecule has 8 heteroatoms. The quantitative estimate of drug-likeness (QED) is 0.312. The zero-order valence-corrected chi connectivity index (χ0v) is 20.9. The van der Waals surface area contributed by atoms with Crippen molar-refractivity contribution in [3.8, 4) is 22.6 Å². The second-order valence-electron chi connectivity index (χ2n) is 9.71. The highest BCUT2D eigenvalue weighted by Crippen LogP contribution is 2.38. The summed E-state index contributed by atoms with van der Waals surface area (Å²) in [5.41, 5.74) is 10.5. The average Bonchev–Trinajstić information content (AvgIpc) is 3.53. The van der Waals surface area contributed by atoms with E-state index in [-0.39, 0.29) is 0 Å². The second kappa shape index (κ2) is 10.1. The van der Waals surface area contributed by atoms with Gasteiger partial charge in [-0.1, -0.05) is 30.3 Å². The monoisotopic (exact) mass is 493 g/mol. The van der Waals surface area contributed by atoms with E-state index < -0.39 is 0 Å². The lowest BCUT2D eigenvalue weighted by molar-refractivity contribution is 0.293. The molecule has 3 aromatic heterocycles. The second-order valence-corrected chi connectivity index (χ2v) is 9.71. The molecule has 5 aromatic rings. The Hall–Kier alpha value is -4.17. The van der Waals surface area contributed by atoms with Gasteiger partial charge in [0.05, 0.1) is 11.1 Å². The van der Waals surface area contributed by atoms with Gasteiger partial charge in [-0.3, -0.25) is 4.68 Å². The van der Waals surface area contributed by atoms with Crippen LogP contribution in [0, 0.1) is 0 Å². The van der Waals surface area contributed by atoms with E-state index in [4.69, 9.17) is 10.5 Å². The van der Waals surface area contributed by atoms with Crippen molar-refractivity contribution in [1.82, 2.24) is 29.6 Å². The highest BCUT2D eigenvalue weighted by molar-refractivity contribution is 6.00. The number of nitrogens with one attached hydrogen (secondary N) is 1. The summed E-state index contributed by atoms with van der Waals surface area (Å²) in [7, 11) is 1.95. The first kappa shape index (κ1) is 23.2. The molecule has 0 unspecified atom stereocenters. The summed E-state index contributed by atoms with van der Waals surface area (Å²) >= 11 is 0. The number of fused-ring (bicyclic) bond motifs is 1. The number of anilines is 1. The molecule has 37 heavy (non-hydrogen) atoms. The first-order chi connectivity index (χ1) is 18.1. The molecule has 1 saturated carbocycles. The summed E-state index contributed by atoms with van der Waals surface area (Å²) in [6.45, 7) is 0.806. The molecule has 0 spiro atoms. The van der Waals surface area contributed by atoms with E-state index in [0.29, 0.717) is 17.9 Å². The number of aromatic nitrogens is 5. The van der Waals surface area contributed by atoms with E-state index >= 15 is 0 Å². The molecule has 0 bridgehead atoms. The summed E-state index contributed by atoms with van der Waals surface area (Å²) in [6, 6.07) is 20.9. The van der Waals surface area contributed by atoms with Crippen LogP contribution in [0.1, 0.15) is 37.4 Å². The average molecular weight is 494 g/mol. The van der Waals surface area contributed by atoms with Crippen LogP contribution in [0.3, 0.4) is 0 Å². The van der Waals surface area contributed by atoms with Crippen LogP contribution in [0.2, 0.25) is 0 Å². The topological polar surface area (TPSA) is 95.8 Å². The van der Waals surface area contributed by atoms with Crippen LogP contribution >= 0.6 is 0 Å². The minimum absolute atomic E-state index is 0.374. The number of hydrogen-bond donors (Lipinski definition) is 2. The molecule has 2 aromatic carbocycles. The molecule has 0 aliphatic heterocycles. The number of nitrogens with two attached hydrogens (primary N) is 1. The third-order valence-corrected chi connectivity index (χ3v) is 7.21. The highest BCUT2D eigenvalue weighted by atomic mass is 16.5. The molecule has 3 N–H and O–H groups in total. The van der Waals surface area contributed by atoms with Gasteiger partial charge in [-0.15, -0.1) is 0 Å². The standard InChI is InChI=1S/C29H31N7O/c1-35-16-15-22(34-35)17-31-21-9-11-23(12-10-21)36-18-26(27-28(30)32-19-33-29(27)36)20-7-13-25(14-8-20)37-24-5-3-2-4-6-24/h2-8,13-16,18-19,21,23,31H,9-12,17H2,1H3,(H2,30,32,33)/t21-,23+. The number of nitrogens with zero attached hydrogens (tertiary/aromatic N) is 5. The molecule has 0 saturated heterocycles. The smallest absolute Gasteiger partial charge is 0.146 e. The van der Waals surface area contributed by atoms with Gasteiger partial charge >= 0.3 is 0 Å². The van der Waals surface area contributed by atoms with Crippen molar-refractivity contribution >= 4 is 16.9 Å². The highest BCUT2D eigenvalue weighted by Gasteiger charge is 2.25. The Labute approximate surface area is 216 Å². The molecule has 1 aliphatic rings. The Bertz CT molecular complexity index is 1480. The normalized spacial score (nSPS) is 17.8. The van der Waals surface area contributed by atoms with Crippen molar-refractivity contribution in [1.29, 1.82) is 0 Å². The fourth-order valence-corrected chi connectivity index (χ4v) is 5.30. The summed E-state index contributed by atoms with van der Waals surface area (Å²) < 4.78 is 10.1. The molecule has 188 valence electrons. The maximum Gasteiger partial charge on any atom is 0.146 e. The molecule has 8 nitrogen and oxygen atoms in total. The summed E-state index contributed by atoms with van der Waals surface area (Å²) in [5, 5.41) is 9.07. The summed E-state index contributed by atoms with van der Waals surface area (Å²) in [5.74, 6) is 2.11. The van der Waals surface area contributed by atoms with Gasteiger partial charge in [0.15, 0.2) is 0 Å². The van der Waals surface area contributed by atoms with E-state index in [1.54, 1.807) is 6.33 Å². The number of nitrogen functional groups attached to an aromatic ring is 1. The fourth-order valence-electron chi connectivity index (χ4n) is 5.30. The number of rotatable bonds is 7. The van der Waals surface area contributed by atoms with E-state index in [9.17, 15) is 0 Å². The Morgan fingerprint density at radius 2 is 1.70 bits per heavy atom. The molecule has 3 heterocycles. The fraction of sp³-hybridized carbons (Fsp3) is 0.276. The zero-order chi connectivity index (χ0) is 25.2. The van der Waals surface area contributed by atoms with Gasteiger partial charge in [-0.25, -0.2) is 9.97 Å². The SMILES string of the molecule is Cn1ccc(CN[C@H]2CC[C@@H](n3cc(-c4ccc(Oc5ccccc5)cc4)c4c(N)ncnc43)CC2)n1. The first-order valence-corrected chi connectivity index (χ1v) is 12.8. The van der Waals surface area contributed by atoms with Crippen LogP contribution in [-0.2, 0) is 13.6 Å². The van der Waals surface area contributed by atoms with Crippen molar-refractivity contribution in [2.75, 3.05) is 5.73 Å². The van der Waals surface area contributed by atoms with E-state index in [0.717, 1.165) is 71.6 Å². The zero-order valence-electron chi connectivity index (χ0n) is 20.9. The van der Waals surface area contributed by atoms with Crippen LogP contribution < -0.4 is 15.8 Å². The number of aryl methyl sites for hydroxylation is 1. The molecular weight excluding hydrogens is 462 g/mol. The molecular formula is C29H31N7O. The first-order valence-electron chi connectivity index (χ1n) is 12.8. The van der Waals surface area contributed by atoms with Crippen molar-refractivity contribution in [2.24, 2.45) is 7.05 Å². The van der Waals surface area contributed by atoms with E-state index in [1.165, 1.54) is 0 Å². The van der Waals surface area contributed by atoms with Crippen LogP contribution in [0.25, 0.3) is 22.2 Å². The largest absolute Gasteiger partial charge is 0.457 e. The Morgan fingerprint density at radius 3 is 2.43 bits per heavy atom. The number of hydrogen-bond acceptors (Lipinski definition) is 6. The third-order valence-electron chi connectivity index (χ3n) is 7.21. The van der Waals surface area contributed by atoms with Crippen molar-refractivity contribution in [3.05, 3.63) is 85.1 Å². The Morgan fingerprint density at radius 1 is 0.946 bits per heavy atom. The lowest BCUT2D eigenvalue weighted by Gasteiger charge is -2.30. The van der Waals surface area contributed by atoms with Crippen LogP contribution in [-0.4, -0.2) is 30.4 Å². The maximum absolute atomic E-state index is 6.38. The van der Waals surface area contributed by atoms with Gasteiger partial charge in [0, 0.05) is 43.6 Å². The predicted octanol–water partition coefficient (Wildman–Crippen LogP) is 5.48. The molecule has 0 radical (unpaired) electrons. The van der Waals surface area contributed by atoms with Crippen molar-refractivity contribution < 1.29 is 4.74 Å². The van der Waals surface area contributed by atoms with Crippen molar-refractivity contribution in [2.45, 2.75) is 44.3 Å². The number of benzene rings is 2. The number of para-hydroxylation sites is 1. The Kier molecular flexibility index (Phi) is 6.32. The third kappa shape index (κ3) is 4.93. The van der Waals surface area contributed by atoms with Crippen LogP contribution in [0.15, 0.2) is 79.4 Å². The van der Waals surface area contributed by atoms with Gasteiger partial charge in [0.1, 0.15) is 29.3 Å². The molecule has 6 rings (SSSR count).